The maximum Gasteiger partial charge on any atom is 0.124 e. The van der Waals surface area contributed by atoms with Crippen LogP contribution < -0.4 is 10.5 Å². The van der Waals surface area contributed by atoms with Gasteiger partial charge in [0.1, 0.15) is 10.8 Å². The van der Waals surface area contributed by atoms with Crippen molar-refractivity contribution in [1.29, 1.82) is 0 Å². The van der Waals surface area contributed by atoms with Crippen LogP contribution in [-0.4, -0.2) is 18.1 Å². The van der Waals surface area contributed by atoms with Crippen LogP contribution in [0.2, 0.25) is 0 Å². The first-order valence-electron chi connectivity index (χ1n) is 7.07. The van der Waals surface area contributed by atoms with Gasteiger partial charge in [0.15, 0.2) is 0 Å². The largest absolute Gasteiger partial charge is 0.493 e. The molecule has 0 unspecified atom stereocenters. The van der Waals surface area contributed by atoms with Gasteiger partial charge in [-0.25, -0.2) is 4.98 Å². The summed E-state index contributed by atoms with van der Waals surface area (Å²) in [6.45, 7) is 3.40. The number of nitrogens with two attached hydrogens (primary N) is 1. The average Bonchev–Trinajstić information content (AvgIpc) is 2.91. The Morgan fingerprint density at radius 3 is 2.71 bits per heavy atom. The third-order valence-corrected chi connectivity index (χ3v) is 4.34. The van der Waals surface area contributed by atoms with E-state index in [0.717, 1.165) is 33.0 Å². The van der Waals surface area contributed by atoms with Crippen molar-refractivity contribution >= 4 is 21.6 Å². The summed E-state index contributed by atoms with van der Waals surface area (Å²) in [5.74, 6) is 0.884. The highest BCUT2D eigenvalue weighted by Crippen LogP contribution is 2.32. The number of thiazole rings is 1. The maximum absolute atomic E-state index is 5.68. The first kappa shape index (κ1) is 14.0. The summed E-state index contributed by atoms with van der Waals surface area (Å²) >= 11 is 1.69. The van der Waals surface area contributed by atoms with Crippen LogP contribution in [0.5, 0.6) is 5.75 Å². The summed E-state index contributed by atoms with van der Waals surface area (Å²) < 4.78 is 6.83. The van der Waals surface area contributed by atoms with Gasteiger partial charge in [-0.15, -0.1) is 11.3 Å². The molecule has 2 N–H and O–H groups in total. The van der Waals surface area contributed by atoms with Crippen molar-refractivity contribution in [3.05, 3.63) is 48.0 Å². The van der Waals surface area contributed by atoms with E-state index in [1.165, 1.54) is 5.56 Å². The molecule has 0 aliphatic carbocycles. The number of fused-ring (bicyclic) bond motifs is 1. The third kappa shape index (κ3) is 3.23. The Bertz CT molecular complexity index is 734. The standard InChI is InChI=1S/C17H18N2OS/c1-12-3-5-13(6-4-12)17-19-15-8-7-14(11-16(15)21-17)20-10-2-9-18/h3-8,11H,2,9-10,18H2,1H3. The number of aromatic nitrogens is 1. The normalized spacial score (nSPS) is 11.0. The number of hydrogen-bond donors (Lipinski definition) is 1. The molecule has 2 aromatic carbocycles. The molecule has 3 nitrogen and oxygen atoms in total. The molecule has 3 rings (SSSR count). The van der Waals surface area contributed by atoms with E-state index in [2.05, 4.69) is 37.3 Å². The smallest absolute Gasteiger partial charge is 0.124 e. The van der Waals surface area contributed by atoms with Crippen LogP contribution in [0.4, 0.5) is 0 Å². The van der Waals surface area contributed by atoms with E-state index in [1.54, 1.807) is 11.3 Å². The molecule has 108 valence electrons. The summed E-state index contributed by atoms with van der Waals surface area (Å²) in [4.78, 5) is 4.69. The predicted molar refractivity (Wildman–Crippen MR) is 89.0 cm³/mol. The van der Waals surface area contributed by atoms with Crippen LogP contribution in [0.3, 0.4) is 0 Å². The van der Waals surface area contributed by atoms with E-state index in [1.807, 2.05) is 12.1 Å². The first-order valence-corrected chi connectivity index (χ1v) is 7.88. The Labute approximate surface area is 128 Å². The van der Waals surface area contributed by atoms with E-state index in [0.29, 0.717) is 13.2 Å². The van der Waals surface area contributed by atoms with E-state index in [4.69, 9.17) is 15.5 Å². The van der Waals surface area contributed by atoms with Crippen LogP contribution in [0.1, 0.15) is 12.0 Å². The Morgan fingerprint density at radius 1 is 1.14 bits per heavy atom. The second kappa shape index (κ2) is 6.24. The van der Waals surface area contributed by atoms with Crippen molar-refractivity contribution in [3.8, 4) is 16.3 Å². The van der Waals surface area contributed by atoms with Gasteiger partial charge in [0, 0.05) is 5.56 Å². The van der Waals surface area contributed by atoms with Gasteiger partial charge in [0.05, 0.1) is 16.8 Å². The molecule has 0 bridgehead atoms. The number of ether oxygens (including phenoxy) is 1. The molecule has 0 radical (unpaired) electrons. The molecule has 0 amide bonds. The number of rotatable bonds is 5. The van der Waals surface area contributed by atoms with Gasteiger partial charge in [-0.2, -0.15) is 0 Å². The zero-order valence-corrected chi connectivity index (χ0v) is 12.8. The lowest BCUT2D eigenvalue weighted by Gasteiger charge is -2.04. The number of hydrogen-bond acceptors (Lipinski definition) is 4. The SMILES string of the molecule is Cc1ccc(-c2nc3ccc(OCCCN)cc3s2)cc1. The molecule has 4 heteroatoms. The lowest BCUT2D eigenvalue weighted by molar-refractivity contribution is 0.314. The van der Waals surface area contributed by atoms with Crippen molar-refractivity contribution in [2.24, 2.45) is 5.73 Å². The Morgan fingerprint density at radius 2 is 1.95 bits per heavy atom. The number of nitrogens with zero attached hydrogens (tertiary/aromatic N) is 1. The van der Waals surface area contributed by atoms with Crippen molar-refractivity contribution < 1.29 is 4.74 Å². The lowest BCUT2D eigenvalue weighted by Crippen LogP contribution is -2.05. The Balaban J connectivity index is 1.87. The molecule has 1 heterocycles. The molecule has 3 aromatic rings. The van der Waals surface area contributed by atoms with E-state index >= 15 is 0 Å². The number of benzene rings is 2. The summed E-state index contributed by atoms with van der Waals surface area (Å²) in [5, 5.41) is 1.05. The minimum absolute atomic E-state index is 0.653. The fraction of sp³-hybridized carbons (Fsp3) is 0.235. The second-order valence-electron chi connectivity index (χ2n) is 5.01. The maximum atomic E-state index is 5.68. The number of aryl methyl sites for hydroxylation is 1. The van der Waals surface area contributed by atoms with E-state index in [-0.39, 0.29) is 0 Å². The molecule has 1 aromatic heterocycles. The van der Waals surface area contributed by atoms with Crippen molar-refractivity contribution in [1.82, 2.24) is 4.98 Å². The fourth-order valence-electron chi connectivity index (χ4n) is 2.09. The Kier molecular flexibility index (Phi) is 4.18. The first-order chi connectivity index (χ1) is 10.3. The second-order valence-corrected chi connectivity index (χ2v) is 6.04. The highest BCUT2D eigenvalue weighted by Gasteiger charge is 2.07. The molecular formula is C17H18N2OS. The summed E-state index contributed by atoms with van der Waals surface area (Å²) in [7, 11) is 0. The molecule has 0 aliphatic heterocycles. The summed E-state index contributed by atoms with van der Waals surface area (Å²) in [6, 6.07) is 14.5. The topological polar surface area (TPSA) is 48.1 Å². The van der Waals surface area contributed by atoms with Crippen LogP contribution >= 0.6 is 11.3 Å². The lowest BCUT2D eigenvalue weighted by atomic mass is 10.2. The molecule has 0 saturated heterocycles. The Hall–Kier alpha value is -1.91. The fourth-order valence-corrected chi connectivity index (χ4v) is 3.09. The highest BCUT2D eigenvalue weighted by molar-refractivity contribution is 7.21. The minimum Gasteiger partial charge on any atom is -0.493 e. The zero-order valence-electron chi connectivity index (χ0n) is 12.0. The molecule has 0 aliphatic rings. The van der Waals surface area contributed by atoms with Gasteiger partial charge in [-0.3, -0.25) is 0 Å². The molecule has 0 saturated carbocycles. The van der Waals surface area contributed by atoms with Gasteiger partial charge >= 0.3 is 0 Å². The molecule has 0 fully saturated rings. The van der Waals surface area contributed by atoms with Crippen LogP contribution in [0.25, 0.3) is 20.8 Å². The minimum atomic E-state index is 0.653. The van der Waals surface area contributed by atoms with Crippen molar-refractivity contribution in [2.45, 2.75) is 13.3 Å². The monoisotopic (exact) mass is 298 g/mol. The van der Waals surface area contributed by atoms with Gasteiger partial charge in [-0.1, -0.05) is 29.8 Å². The van der Waals surface area contributed by atoms with E-state index in [9.17, 15) is 0 Å². The van der Waals surface area contributed by atoms with Gasteiger partial charge in [-0.05, 0) is 38.1 Å². The molecular weight excluding hydrogens is 280 g/mol. The average molecular weight is 298 g/mol. The quantitative estimate of drug-likeness (QED) is 0.724. The third-order valence-electron chi connectivity index (χ3n) is 3.28. The zero-order chi connectivity index (χ0) is 14.7. The molecule has 0 spiro atoms. The molecule has 0 atom stereocenters. The molecule has 21 heavy (non-hydrogen) atoms. The predicted octanol–water partition coefficient (Wildman–Crippen LogP) is 4.00. The summed E-state index contributed by atoms with van der Waals surface area (Å²) in [5.41, 5.74) is 8.91. The van der Waals surface area contributed by atoms with Gasteiger partial charge < -0.3 is 10.5 Å². The van der Waals surface area contributed by atoms with Gasteiger partial charge in [0.2, 0.25) is 0 Å². The van der Waals surface area contributed by atoms with Crippen LogP contribution in [-0.2, 0) is 0 Å². The van der Waals surface area contributed by atoms with Crippen molar-refractivity contribution in [3.63, 3.8) is 0 Å². The van der Waals surface area contributed by atoms with E-state index < -0.39 is 0 Å². The van der Waals surface area contributed by atoms with Crippen LogP contribution in [0, 0.1) is 6.92 Å². The van der Waals surface area contributed by atoms with Crippen LogP contribution in [0.15, 0.2) is 42.5 Å². The summed E-state index contributed by atoms with van der Waals surface area (Å²) in [6.07, 6.45) is 0.870. The van der Waals surface area contributed by atoms with Crippen molar-refractivity contribution in [2.75, 3.05) is 13.2 Å². The highest BCUT2D eigenvalue weighted by atomic mass is 32.1. The van der Waals surface area contributed by atoms with Gasteiger partial charge in [0.25, 0.3) is 0 Å².